The van der Waals surface area contributed by atoms with Crippen LogP contribution in [0.2, 0.25) is 0 Å². The molecule has 2 nitrogen and oxygen atoms in total. The van der Waals surface area contributed by atoms with Crippen LogP contribution >= 0.6 is 0 Å². The third-order valence-corrected chi connectivity index (χ3v) is 15.4. The number of hydrogen-bond acceptors (Lipinski definition) is 2. The van der Waals surface area contributed by atoms with E-state index in [1.807, 2.05) is 0 Å². The molecule has 366 valence electrons. The number of hydrogen-bond donors (Lipinski definition) is 0. The summed E-state index contributed by atoms with van der Waals surface area (Å²) >= 11 is 0. The van der Waals surface area contributed by atoms with Crippen molar-refractivity contribution in [3.63, 3.8) is 0 Å². The average Bonchev–Trinajstić information content (AvgIpc) is 3.71. The largest absolute Gasteiger partial charge is 0.310 e. The predicted octanol–water partition coefficient (Wildman–Crippen LogP) is 21.6. The highest BCUT2D eigenvalue weighted by atomic mass is 15.1. The van der Waals surface area contributed by atoms with Crippen molar-refractivity contribution in [2.45, 2.75) is 0 Å². The molecule has 0 saturated carbocycles. The quantitative estimate of drug-likeness (QED) is 0.119. The molecule has 0 fully saturated rings. The minimum absolute atomic E-state index is 1.08. The molecule has 14 aromatic carbocycles. The molecule has 0 radical (unpaired) electrons. The SMILES string of the molecule is c1ccc(-c2c(-c3ccccc3)c3ccc(N(c4ccccc4)c4ccc(-c5ccc(N(c6ccccc6)c6ccc7c(-c8ccccc8)c(-c8ccccc8)c8ccccc8c7c6)cc5)cc4)cc3c3ccccc23)cc1. The molecule has 2 heteroatoms. The normalized spacial score (nSPS) is 11.3. The van der Waals surface area contributed by atoms with E-state index < -0.39 is 0 Å². The van der Waals surface area contributed by atoms with Crippen LogP contribution in [0.25, 0.3) is 98.7 Å². The van der Waals surface area contributed by atoms with Crippen LogP contribution in [0.4, 0.5) is 34.1 Å². The molecule has 0 aliphatic rings. The molecule has 0 bridgehead atoms. The Morgan fingerprint density at radius 3 is 0.679 bits per heavy atom. The molecule has 0 heterocycles. The van der Waals surface area contributed by atoms with Gasteiger partial charge >= 0.3 is 0 Å². The van der Waals surface area contributed by atoms with Crippen molar-refractivity contribution in [1.29, 1.82) is 0 Å². The van der Waals surface area contributed by atoms with Gasteiger partial charge in [0, 0.05) is 34.1 Å². The van der Waals surface area contributed by atoms with Crippen LogP contribution in [0.5, 0.6) is 0 Å². The summed E-state index contributed by atoms with van der Waals surface area (Å²) in [5.74, 6) is 0. The molecule has 0 spiro atoms. The van der Waals surface area contributed by atoms with Gasteiger partial charge in [-0.1, -0.05) is 243 Å². The first-order valence-electron chi connectivity index (χ1n) is 26.8. The second-order valence-electron chi connectivity index (χ2n) is 20.0. The summed E-state index contributed by atoms with van der Waals surface area (Å²) in [6.45, 7) is 0. The smallest absolute Gasteiger partial charge is 0.0468 e. The van der Waals surface area contributed by atoms with Crippen molar-refractivity contribution in [2.75, 3.05) is 9.80 Å². The maximum atomic E-state index is 2.39. The number of rotatable bonds is 11. The van der Waals surface area contributed by atoms with Crippen molar-refractivity contribution >= 4 is 77.2 Å². The number of fused-ring (bicyclic) bond motifs is 6. The summed E-state index contributed by atoms with van der Waals surface area (Å²) < 4.78 is 0. The molecular weight excluding hydrogens is 941 g/mol. The molecule has 0 aliphatic carbocycles. The number of nitrogens with zero attached hydrogens (tertiary/aromatic N) is 2. The Morgan fingerprint density at radius 2 is 0.372 bits per heavy atom. The highest BCUT2D eigenvalue weighted by molar-refractivity contribution is 6.23. The van der Waals surface area contributed by atoms with Crippen molar-refractivity contribution in [2.24, 2.45) is 0 Å². The molecular formula is C76H52N2. The fourth-order valence-corrected chi connectivity index (χ4v) is 11.9. The van der Waals surface area contributed by atoms with Crippen LogP contribution in [-0.2, 0) is 0 Å². The maximum Gasteiger partial charge on any atom is 0.0468 e. The molecule has 14 rings (SSSR count). The molecule has 0 aromatic heterocycles. The molecule has 0 unspecified atom stereocenters. The Labute approximate surface area is 455 Å². The Bertz CT molecular complexity index is 4140. The first-order valence-corrected chi connectivity index (χ1v) is 26.8. The molecule has 0 saturated heterocycles. The van der Waals surface area contributed by atoms with Gasteiger partial charge in [-0.3, -0.25) is 0 Å². The van der Waals surface area contributed by atoms with Gasteiger partial charge in [0.1, 0.15) is 0 Å². The van der Waals surface area contributed by atoms with E-state index in [-0.39, 0.29) is 0 Å². The van der Waals surface area contributed by atoms with Crippen molar-refractivity contribution in [3.8, 4) is 55.6 Å². The van der Waals surface area contributed by atoms with E-state index >= 15 is 0 Å². The zero-order valence-electron chi connectivity index (χ0n) is 42.9. The van der Waals surface area contributed by atoms with Gasteiger partial charge in [0.05, 0.1) is 0 Å². The van der Waals surface area contributed by atoms with E-state index in [2.05, 4.69) is 325 Å². The zero-order valence-corrected chi connectivity index (χ0v) is 42.9. The molecule has 0 amide bonds. The lowest BCUT2D eigenvalue weighted by Crippen LogP contribution is -2.10. The fourth-order valence-electron chi connectivity index (χ4n) is 11.9. The second-order valence-corrected chi connectivity index (χ2v) is 20.0. The summed E-state index contributed by atoms with van der Waals surface area (Å²) in [6, 6.07) is 115. The predicted molar refractivity (Wildman–Crippen MR) is 333 cm³/mol. The second kappa shape index (κ2) is 20.1. The van der Waals surface area contributed by atoms with Gasteiger partial charge in [-0.05, 0) is 172 Å². The molecule has 0 atom stereocenters. The highest BCUT2D eigenvalue weighted by Crippen LogP contribution is 2.49. The van der Waals surface area contributed by atoms with Gasteiger partial charge in [-0.25, -0.2) is 0 Å². The number of anilines is 6. The number of para-hydroxylation sites is 2. The standard InChI is InChI=1S/C76H52N2/c1-7-23-55(24-8-1)73-67-37-21-19-35-65(67)71-51-63(47-49-69(71)75(73)57-27-11-3-12-28-57)77(59-31-15-5-16-32-59)61-43-39-53(40-44-61)54-41-45-62(46-42-54)78(60-33-17-6-18-34-60)64-48-50-70-72(52-64)66-36-20-22-38-68(66)74(56-25-9-2-10-26-56)76(70)58-29-13-4-14-30-58/h1-52H. The van der Waals surface area contributed by atoms with Gasteiger partial charge in [-0.15, -0.1) is 0 Å². The van der Waals surface area contributed by atoms with E-state index in [0.717, 1.165) is 45.3 Å². The van der Waals surface area contributed by atoms with Crippen LogP contribution in [-0.4, -0.2) is 0 Å². The van der Waals surface area contributed by atoms with Gasteiger partial charge in [0.25, 0.3) is 0 Å². The molecule has 0 N–H and O–H groups in total. The molecule has 14 aromatic rings. The fraction of sp³-hybridized carbons (Fsp3) is 0. The number of benzene rings is 14. The van der Waals surface area contributed by atoms with Crippen molar-refractivity contribution in [1.82, 2.24) is 0 Å². The summed E-state index contributed by atoms with van der Waals surface area (Å²) in [6.07, 6.45) is 0. The van der Waals surface area contributed by atoms with Crippen LogP contribution in [0.3, 0.4) is 0 Å². The lowest BCUT2D eigenvalue weighted by Gasteiger charge is -2.27. The summed E-state index contributed by atoms with van der Waals surface area (Å²) in [5, 5.41) is 9.82. The Balaban J connectivity index is 0.849. The Hall–Kier alpha value is -10.3. The van der Waals surface area contributed by atoms with E-state index in [4.69, 9.17) is 0 Å². The monoisotopic (exact) mass is 992 g/mol. The first kappa shape index (κ1) is 46.3. The van der Waals surface area contributed by atoms with Crippen LogP contribution in [0.1, 0.15) is 0 Å². The third-order valence-electron chi connectivity index (χ3n) is 15.4. The molecule has 78 heavy (non-hydrogen) atoms. The highest BCUT2D eigenvalue weighted by Gasteiger charge is 2.23. The lowest BCUT2D eigenvalue weighted by atomic mass is 9.85. The minimum atomic E-state index is 1.08. The van der Waals surface area contributed by atoms with Crippen LogP contribution < -0.4 is 9.80 Å². The van der Waals surface area contributed by atoms with E-state index in [0.29, 0.717) is 0 Å². The third kappa shape index (κ3) is 8.34. The van der Waals surface area contributed by atoms with Gasteiger partial charge in [0.15, 0.2) is 0 Å². The van der Waals surface area contributed by atoms with E-state index in [1.165, 1.54) is 87.6 Å². The average molecular weight is 993 g/mol. The maximum absolute atomic E-state index is 2.39. The minimum Gasteiger partial charge on any atom is -0.310 e. The Kier molecular flexibility index (Phi) is 11.9. The topological polar surface area (TPSA) is 6.48 Å². The summed E-state index contributed by atoms with van der Waals surface area (Å²) in [7, 11) is 0. The Morgan fingerprint density at radius 1 is 0.141 bits per heavy atom. The lowest BCUT2D eigenvalue weighted by molar-refractivity contribution is 1.28. The van der Waals surface area contributed by atoms with E-state index in [9.17, 15) is 0 Å². The van der Waals surface area contributed by atoms with E-state index in [1.54, 1.807) is 0 Å². The van der Waals surface area contributed by atoms with Crippen LogP contribution in [0, 0.1) is 0 Å². The first-order chi connectivity index (χ1) is 38.7. The van der Waals surface area contributed by atoms with Crippen LogP contribution in [0.15, 0.2) is 315 Å². The van der Waals surface area contributed by atoms with Crippen molar-refractivity contribution in [3.05, 3.63) is 315 Å². The van der Waals surface area contributed by atoms with Gasteiger partial charge in [0.2, 0.25) is 0 Å². The van der Waals surface area contributed by atoms with Crippen molar-refractivity contribution < 1.29 is 0 Å². The molecule has 0 aliphatic heterocycles. The zero-order chi connectivity index (χ0) is 51.8. The van der Waals surface area contributed by atoms with Gasteiger partial charge < -0.3 is 9.80 Å². The summed E-state index contributed by atoms with van der Waals surface area (Å²) in [4.78, 5) is 4.76. The summed E-state index contributed by atoms with van der Waals surface area (Å²) in [5.41, 5.74) is 18.7. The van der Waals surface area contributed by atoms with Gasteiger partial charge in [-0.2, -0.15) is 0 Å².